The van der Waals surface area contributed by atoms with Crippen LogP contribution < -0.4 is 4.90 Å². The van der Waals surface area contributed by atoms with Crippen LogP contribution in [0.3, 0.4) is 0 Å². The summed E-state index contributed by atoms with van der Waals surface area (Å²) in [5.74, 6) is 0. The fourth-order valence-corrected chi connectivity index (χ4v) is 2.83. The van der Waals surface area contributed by atoms with Crippen molar-refractivity contribution in [3.8, 4) is 6.07 Å². The number of para-hydroxylation sites is 1. The van der Waals surface area contributed by atoms with Gasteiger partial charge < -0.3 is 10.0 Å². The maximum Gasteiger partial charge on any atom is 0.310 e. The molecule has 1 N–H and O–H groups in total. The molecule has 1 aliphatic rings. The van der Waals surface area contributed by atoms with Crippen LogP contribution in [0.1, 0.15) is 31.2 Å². The molecule has 0 saturated carbocycles. The normalized spacial score (nSPS) is 18.0. The molecule has 1 saturated heterocycles. The van der Waals surface area contributed by atoms with E-state index in [1.54, 1.807) is 12.1 Å². The Hall–Kier alpha value is -2.13. The van der Waals surface area contributed by atoms with Crippen LogP contribution in [0.4, 0.5) is 11.4 Å². The summed E-state index contributed by atoms with van der Waals surface area (Å²) < 4.78 is 0. The van der Waals surface area contributed by atoms with E-state index < -0.39 is 4.92 Å². The largest absolute Gasteiger partial charge is 0.396 e. The molecule has 0 amide bonds. The molecular weight excluding hydrogens is 258 g/mol. The molecule has 1 aromatic carbocycles. The number of anilines is 1. The molecule has 0 spiro atoms. The molecule has 0 radical (unpaired) electrons. The van der Waals surface area contributed by atoms with Crippen molar-refractivity contribution in [2.24, 2.45) is 0 Å². The molecule has 0 bridgehead atoms. The SMILES string of the molecule is N#Cc1cccc(N2CCCC2CCCO)c1[N+](=O)[O-]. The highest BCUT2D eigenvalue weighted by molar-refractivity contribution is 5.70. The molecular formula is C14H17N3O3. The van der Waals surface area contributed by atoms with Crippen molar-refractivity contribution < 1.29 is 10.0 Å². The van der Waals surface area contributed by atoms with E-state index in [-0.39, 0.29) is 23.9 Å². The summed E-state index contributed by atoms with van der Waals surface area (Å²) in [6.45, 7) is 0.885. The fourth-order valence-electron chi connectivity index (χ4n) is 2.83. The van der Waals surface area contributed by atoms with Crippen LogP contribution in [-0.2, 0) is 0 Å². The minimum atomic E-state index is -0.477. The lowest BCUT2D eigenvalue weighted by Gasteiger charge is -2.26. The summed E-state index contributed by atoms with van der Waals surface area (Å²) in [5, 5.41) is 29.2. The second-order valence-corrected chi connectivity index (χ2v) is 4.90. The topological polar surface area (TPSA) is 90.4 Å². The number of rotatable bonds is 5. The first-order valence-corrected chi connectivity index (χ1v) is 6.74. The van der Waals surface area contributed by atoms with Crippen LogP contribution >= 0.6 is 0 Å². The van der Waals surface area contributed by atoms with E-state index in [9.17, 15) is 10.1 Å². The van der Waals surface area contributed by atoms with Gasteiger partial charge in [-0.2, -0.15) is 5.26 Å². The van der Waals surface area contributed by atoms with Crippen LogP contribution in [0, 0.1) is 21.4 Å². The number of aliphatic hydroxyl groups excluding tert-OH is 1. The van der Waals surface area contributed by atoms with Gasteiger partial charge in [0, 0.05) is 19.2 Å². The van der Waals surface area contributed by atoms with E-state index in [1.807, 2.05) is 11.0 Å². The lowest BCUT2D eigenvalue weighted by atomic mass is 10.1. The highest BCUT2D eigenvalue weighted by Crippen LogP contribution is 2.36. The van der Waals surface area contributed by atoms with Crippen molar-refractivity contribution in [3.63, 3.8) is 0 Å². The zero-order valence-corrected chi connectivity index (χ0v) is 11.2. The maximum atomic E-state index is 11.3. The van der Waals surface area contributed by atoms with Gasteiger partial charge in [0.2, 0.25) is 0 Å². The minimum Gasteiger partial charge on any atom is -0.396 e. The molecule has 0 aliphatic carbocycles. The van der Waals surface area contributed by atoms with Crippen molar-refractivity contribution >= 4 is 11.4 Å². The standard InChI is InChI=1S/C14H17N3O3/c15-10-11-4-1-7-13(14(11)17(19)20)16-8-2-5-12(16)6-3-9-18/h1,4,7,12,18H,2-3,5-6,8-9H2. The number of nitro groups is 1. The molecule has 0 aromatic heterocycles. The Morgan fingerprint density at radius 1 is 1.55 bits per heavy atom. The smallest absolute Gasteiger partial charge is 0.310 e. The van der Waals surface area contributed by atoms with E-state index in [0.717, 1.165) is 25.8 Å². The Bertz CT molecular complexity index is 539. The summed E-state index contributed by atoms with van der Waals surface area (Å²) in [6, 6.07) is 6.95. The first kappa shape index (κ1) is 14.3. The molecule has 1 fully saturated rings. The lowest BCUT2D eigenvalue weighted by Crippen LogP contribution is -2.30. The molecule has 6 heteroatoms. The molecule has 106 valence electrons. The van der Waals surface area contributed by atoms with Gasteiger partial charge in [0.15, 0.2) is 0 Å². The highest BCUT2D eigenvalue weighted by Gasteiger charge is 2.31. The van der Waals surface area contributed by atoms with Gasteiger partial charge in [-0.3, -0.25) is 10.1 Å². The van der Waals surface area contributed by atoms with E-state index >= 15 is 0 Å². The van der Waals surface area contributed by atoms with E-state index in [1.165, 1.54) is 6.07 Å². The number of nitriles is 1. The average Bonchev–Trinajstić information content (AvgIpc) is 2.92. The number of hydrogen-bond donors (Lipinski definition) is 1. The quantitative estimate of drug-likeness (QED) is 0.657. The minimum absolute atomic E-state index is 0.0975. The Morgan fingerprint density at radius 3 is 3.00 bits per heavy atom. The average molecular weight is 275 g/mol. The fraction of sp³-hybridized carbons (Fsp3) is 0.500. The molecule has 1 aromatic rings. The van der Waals surface area contributed by atoms with Gasteiger partial charge in [-0.05, 0) is 37.8 Å². The van der Waals surface area contributed by atoms with Gasteiger partial charge in [-0.1, -0.05) is 6.07 Å². The first-order chi connectivity index (χ1) is 9.69. The summed E-state index contributed by atoms with van der Waals surface area (Å²) in [5.41, 5.74) is 0.515. The van der Waals surface area contributed by atoms with Crippen LogP contribution in [0.2, 0.25) is 0 Å². The van der Waals surface area contributed by atoms with Crippen LogP contribution in [0.25, 0.3) is 0 Å². The lowest BCUT2D eigenvalue weighted by molar-refractivity contribution is -0.384. The molecule has 1 atom stereocenters. The molecule has 1 unspecified atom stereocenters. The Balaban J connectivity index is 2.36. The first-order valence-electron chi connectivity index (χ1n) is 6.74. The second-order valence-electron chi connectivity index (χ2n) is 4.90. The van der Waals surface area contributed by atoms with E-state index in [0.29, 0.717) is 12.1 Å². The predicted octanol–water partition coefficient (Wildman–Crippen LogP) is 2.21. The summed E-state index contributed by atoms with van der Waals surface area (Å²) >= 11 is 0. The van der Waals surface area contributed by atoms with Gasteiger partial charge in [0.05, 0.1) is 4.92 Å². The van der Waals surface area contributed by atoms with Crippen LogP contribution in [-0.4, -0.2) is 29.2 Å². The van der Waals surface area contributed by atoms with Gasteiger partial charge in [-0.15, -0.1) is 0 Å². The van der Waals surface area contributed by atoms with Crippen molar-refractivity contribution in [1.29, 1.82) is 5.26 Å². The van der Waals surface area contributed by atoms with Crippen molar-refractivity contribution in [2.75, 3.05) is 18.1 Å². The molecule has 20 heavy (non-hydrogen) atoms. The third kappa shape index (κ3) is 2.73. The van der Waals surface area contributed by atoms with Gasteiger partial charge >= 0.3 is 5.69 Å². The number of aliphatic hydroxyl groups is 1. The molecule has 1 heterocycles. The monoisotopic (exact) mass is 275 g/mol. The van der Waals surface area contributed by atoms with Crippen molar-refractivity contribution in [2.45, 2.75) is 31.7 Å². The zero-order valence-electron chi connectivity index (χ0n) is 11.2. The number of hydrogen-bond acceptors (Lipinski definition) is 5. The molecule has 1 aliphatic heterocycles. The summed E-state index contributed by atoms with van der Waals surface area (Å²) in [4.78, 5) is 12.8. The Morgan fingerprint density at radius 2 is 2.35 bits per heavy atom. The summed E-state index contributed by atoms with van der Waals surface area (Å²) in [6.07, 6.45) is 3.44. The maximum absolute atomic E-state index is 11.3. The van der Waals surface area contributed by atoms with Crippen LogP contribution in [0.15, 0.2) is 18.2 Å². The predicted molar refractivity (Wildman–Crippen MR) is 74.5 cm³/mol. The number of nitrogens with zero attached hydrogens (tertiary/aromatic N) is 3. The Labute approximate surface area is 117 Å². The van der Waals surface area contributed by atoms with Crippen molar-refractivity contribution in [1.82, 2.24) is 0 Å². The van der Waals surface area contributed by atoms with E-state index in [4.69, 9.17) is 10.4 Å². The van der Waals surface area contributed by atoms with Gasteiger partial charge in [0.25, 0.3) is 0 Å². The third-order valence-electron chi connectivity index (χ3n) is 3.70. The van der Waals surface area contributed by atoms with Gasteiger partial charge in [-0.25, -0.2) is 0 Å². The number of benzene rings is 1. The van der Waals surface area contributed by atoms with Gasteiger partial charge in [0.1, 0.15) is 17.3 Å². The Kier molecular flexibility index (Phi) is 4.53. The highest BCUT2D eigenvalue weighted by atomic mass is 16.6. The summed E-state index contributed by atoms with van der Waals surface area (Å²) in [7, 11) is 0. The molecule has 2 rings (SSSR count). The third-order valence-corrected chi connectivity index (χ3v) is 3.70. The molecule has 6 nitrogen and oxygen atoms in total. The van der Waals surface area contributed by atoms with Crippen LogP contribution in [0.5, 0.6) is 0 Å². The second kappa shape index (κ2) is 6.35. The van der Waals surface area contributed by atoms with Crippen molar-refractivity contribution in [3.05, 3.63) is 33.9 Å². The zero-order chi connectivity index (χ0) is 14.5. The number of nitro benzene ring substituents is 1. The van der Waals surface area contributed by atoms with E-state index in [2.05, 4.69) is 0 Å².